The van der Waals surface area contributed by atoms with Gasteiger partial charge in [-0.1, -0.05) is 12.5 Å². The Morgan fingerprint density at radius 2 is 2.40 bits per heavy atom. The summed E-state index contributed by atoms with van der Waals surface area (Å²) in [6, 6.07) is 3.38. The Hall–Kier alpha value is -1.71. The van der Waals surface area contributed by atoms with Crippen LogP contribution < -0.4 is 10.6 Å². The molecule has 0 radical (unpaired) electrons. The summed E-state index contributed by atoms with van der Waals surface area (Å²) in [5.41, 5.74) is 1.13. The molecule has 0 bridgehead atoms. The highest BCUT2D eigenvalue weighted by Crippen LogP contribution is 1.98. The minimum atomic E-state index is -0.223. The molecule has 2 amide bonds. The summed E-state index contributed by atoms with van der Waals surface area (Å²) in [7, 11) is 0. The molecule has 0 fully saturated rings. The van der Waals surface area contributed by atoms with Gasteiger partial charge in [0.2, 0.25) is 0 Å². The van der Waals surface area contributed by atoms with Gasteiger partial charge in [0.1, 0.15) is 5.76 Å². The first-order valence-corrected chi connectivity index (χ1v) is 4.94. The lowest BCUT2D eigenvalue weighted by Gasteiger charge is -2.03. The SMILES string of the molecule is CC/C(C)=C/NC(=O)NCc1ccco1. The number of allylic oxidation sites excluding steroid dienone is 1. The molecule has 1 rings (SSSR count). The molecule has 2 N–H and O–H groups in total. The van der Waals surface area contributed by atoms with Gasteiger partial charge < -0.3 is 15.1 Å². The summed E-state index contributed by atoms with van der Waals surface area (Å²) >= 11 is 0. The van der Waals surface area contributed by atoms with Crippen molar-refractivity contribution in [3.63, 3.8) is 0 Å². The summed E-state index contributed by atoms with van der Waals surface area (Å²) in [6.45, 7) is 4.40. The molecule has 1 aromatic heterocycles. The van der Waals surface area contributed by atoms with Crippen molar-refractivity contribution in [1.29, 1.82) is 0 Å². The van der Waals surface area contributed by atoms with Crippen LogP contribution in [0.1, 0.15) is 26.0 Å². The van der Waals surface area contributed by atoms with Gasteiger partial charge in [0.05, 0.1) is 12.8 Å². The predicted octanol–water partition coefficient (Wildman–Crippen LogP) is 2.39. The van der Waals surface area contributed by atoms with Crippen LogP contribution in [-0.2, 0) is 6.54 Å². The van der Waals surface area contributed by atoms with E-state index in [-0.39, 0.29) is 6.03 Å². The predicted molar refractivity (Wildman–Crippen MR) is 58.1 cm³/mol. The molecule has 0 aliphatic carbocycles. The minimum Gasteiger partial charge on any atom is -0.467 e. The van der Waals surface area contributed by atoms with Crippen LogP contribution in [0.25, 0.3) is 0 Å². The van der Waals surface area contributed by atoms with E-state index < -0.39 is 0 Å². The maximum absolute atomic E-state index is 11.3. The van der Waals surface area contributed by atoms with Crippen molar-refractivity contribution < 1.29 is 9.21 Å². The molecule has 0 unspecified atom stereocenters. The Bertz CT molecular complexity index is 328. The van der Waals surface area contributed by atoms with E-state index in [0.29, 0.717) is 6.54 Å². The van der Waals surface area contributed by atoms with Crippen molar-refractivity contribution >= 4 is 6.03 Å². The first-order chi connectivity index (χ1) is 7.22. The van der Waals surface area contributed by atoms with E-state index in [1.807, 2.05) is 19.9 Å². The van der Waals surface area contributed by atoms with Gasteiger partial charge in [0, 0.05) is 6.20 Å². The molecule has 0 aliphatic rings. The summed E-state index contributed by atoms with van der Waals surface area (Å²) in [4.78, 5) is 11.3. The lowest BCUT2D eigenvalue weighted by atomic mass is 10.3. The van der Waals surface area contributed by atoms with Crippen LogP contribution in [0, 0.1) is 0 Å². The number of hydrogen-bond acceptors (Lipinski definition) is 2. The monoisotopic (exact) mass is 208 g/mol. The second-order valence-electron chi connectivity index (χ2n) is 3.25. The van der Waals surface area contributed by atoms with Gasteiger partial charge in [-0.05, 0) is 25.5 Å². The number of carbonyl (C=O) groups excluding carboxylic acids is 1. The zero-order valence-corrected chi connectivity index (χ0v) is 9.04. The van der Waals surface area contributed by atoms with Crippen molar-refractivity contribution in [2.75, 3.05) is 0 Å². The molecule has 0 aromatic carbocycles. The lowest BCUT2D eigenvalue weighted by molar-refractivity contribution is 0.242. The molecule has 4 nitrogen and oxygen atoms in total. The fourth-order valence-corrected chi connectivity index (χ4v) is 0.922. The third-order valence-electron chi connectivity index (χ3n) is 2.01. The molecule has 0 saturated heterocycles. The van der Waals surface area contributed by atoms with E-state index in [1.165, 1.54) is 0 Å². The molecular formula is C11H16N2O2. The standard InChI is InChI=1S/C11H16N2O2/c1-3-9(2)7-12-11(14)13-8-10-5-4-6-15-10/h4-7H,3,8H2,1-2H3,(H2,12,13,14)/b9-7+. The lowest BCUT2D eigenvalue weighted by Crippen LogP contribution is -2.31. The van der Waals surface area contributed by atoms with Crippen molar-refractivity contribution in [3.05, 3.63) is 35.9 Å². The fourth-order valence-electron chi connectivity index (χ4n) is 0.922. The summed E-state index contributed by atoms with van der Waals surface area (Å²) in [6.07, 6.45) is 4.21. The maximum atomic E-state index is 11.3. The number of rotatable bonds is 4. The maximum Gasteiger partial charge on any atom is 0.319 e. The second kappa shape index (κ2) is 5.90. The van der Waals surface area contributed by atoms with Crippen LogP contribution in [0.4, 0.5) is 4.79 Å². The summed E-state index contributed by atoms with van der Waals surface area (Å²) in [5.74, 6) is 0.737. The number of carbonyl (C=O) groups is 1. The quantitative estimate of drug-likeness (QED) is 0.798. The van der Waals surface area contributed by atoms with Crippen LogP contribution in [0.3, 0.4) is 0 Å². The molecule has 15 heavy (non-hydrogen) atoms. The highest BCUT2D eigenvalue weighted by molar-refractivity contribution is 5.74. The van der Waals surface area contributed by atoms with Crippen molar-refractivity contribution in [2.24, 2.45) is 0 Å². The fraction of sp³-hybridized carbons (Fsp3) is 0.364. The van der Waals surface area contributed by atoms with Gasteiger partial charge in [-0.3, -0.25) is 0 Å². The van der Waals surface area contributed by atoms with E-state index in [9.17, 15) is 4.79 Å². The van der Waals surface area contributed by atoms with Gasteiger partial charge in [-0.2, -0.15) is 0 Å². The number of amides is 2. The van der Waals surface area contributed by atoms with Crippen molar-refractivity contribution in [2.45, 2.75) is 26.8 Å². The molecule has 1 aromatic rings. The zero-order chi connectivity index (χ0) is 11.1. The molecule has 0 aliphatic heterocycles. The molecular weight excluding hydrogens is 192 g/mol. The number of furan rings is 1. The number of nitrogens with one attached hydrogen (secondary N) is 2. The number of urea groups is 1. The second-order valence-corrected chi connectivity index (χ2v) is 3.25. The minimum absolute atomic E-state index is 0.223. The van der Waals surface area contributed by atoms with E-state index in [4.69, 9.17) is 4.42 Å². The van der Waals surface area contributed by atoms with Gasteiger partial charge in [-0.15, -0.1) is 0 Å². The Morgan fingerprint density at radius 1 is 1.60 bits per heavy atom. The average Bonchev–Trinajstić information content (AvgIpc) is 2.75. The van der Waals surface area contributed by atoms with Crippen LogP contribution in [0.2, 0.25) is 0 Å². The Kier molecular flexibility index (Phi) is 4.47. The van der Waals surface area contributed by atoms with Crippen LogP contribution >= 0.6 is 0 Å². The summed E-state index contributed by atoms with van der Waals surface area (Å²) in [5, 5.41) is 5.32. The smallest absolute Gasteiger partial charge is 0.319 e. The molecule has 0 saturated carbocycles. The topological polar surface area (TPSA) is 54.3 Å². The molecule has 4 heteroatoms. The Morgan fingerprint density at radius 3 is 3.00 bits per heavy atom. The highest BCUT2D eigenvalue weighted by atomic mass is 16.3. The van der Waals surface area contributed by atoms with Crippen LogP contribution in [0.15, 0.2) is 34.6 Å². The van der Waals surface area contributed by atoms with E-state index in [0.717, 1.165) is 17.8 Å². The van der Waals surface area contributed by atoms with Gasteiger partial charge >= 0.3 is 6.03 Å². The average molecular weight is 208 g/mol. The Labute approximate surface area is 89.4 Å². The summed E-state index contributed by atoms with van der Waals surface area (Å²) < 4.78 is 5.07. The molecule has 1 heterocycles. The van der Waals surface area contributed by atoms with Gasteiger partial charge in [0.15, 0.2) is 0 Å². The third kappa shape index (κ3) is 4.35. The number of hydrogen-bond donors (Lipinski definition) is 2. The van der Waals surface area contributed by atoms with E-state index in [1.54, 1.807) is 18.5 Å². The van der Waals surface area contributed by atoms with Crippen LogP contribution in [0.5, 0.6) is 0 Å². The first kappa shape index (κ1) is 11.4. The van der Waals surface area contributed by atoms with E-state index in [2.05, 4.69) is 10.6 Å². The van der Waals surface area contributed by atoms with Gasteiger partial charge in [0.25, 0.3) is 0 Å². The molecule has 0 atom stereocenters. The third-order valence-corrected chi connectivity index (χ3v) is 2.01. The first-order valence-electron chi connectivity index (χ1n) is 4.94. The zero-order valence-electron chi connectivity index (χ0n) is 9.04. The molecule has 82 valence electrons. The normalized spacial score (nSPS) is 11.2. The van der Waals surface area contributed by atoms with Crippen molar-refractivity contribution in [1.82, 2.24) is 10.6 Å². The van der Waals surface area contributed by atoms with E-state index >= 15 is 0 Å². The van der Waals surface area contributed by atoms with Crippen LogP contribution in [-0.4, -0.2) is 6.03 Å². The van der Waals surface area contributed by atoms with Crippen molar-refractivity contribution in [3.8, 4) is 0 Å². The Balaban J connectivity index is 2.25. The highest BCUT2D eigenvalue weighted by Gasteiger charge is 1.99. The van der Waals surface area contributed by atoms with Gasteiger partial charge in [-0.25, -0.2) is 4.79 Å². The molecule has 0 spiro atoms. The largest absolute Gasteiger partial charge is 0.467 e.